The van der Waals surface area contributed by atoms with Gasteiger partial charge in [0.25, 0.3) is 0 Å². The molecule has 8 atom stereocenters. The van der Waals surface area contributed by atoms with Crippen molar-refractivity contribution >= 4 is 23.8 Å². The highest BCUT2D eigenvalue weighted by Crippen LogP contribution is 2.73. The molecule has 3 aliphatic carbocycles. The molecule has 46 heavy (non-hydrogen) atoms. The van der Waals surface area contributed by atoms with E-state index in [2.05, 4.69) is 5.32 Å². The Bertz CT molecular complexity index is 1240. The van der Waals surface area contributed by atoms with E-state index in [9.17, 15) is 19.2 Å². The van der Waals surface area contributed by atoms with Crippen LogP contribution in [0.2, 0.25) is 0 Å². The number of methoxy groups -OCH3 is 1. The summed E-state index contributed by atoms with van der Waals surface area (Å²) < 4.78 is 44.3. The molecule has 1 spiro atoms. The van der Waals surface area contributed by atoms with Crippen molar-refractivity contribution in [2.45, 2.75) is 141 Å². The average Bonchev–Trinajstić information content (AvgIpc) is 3.77. The molecular formula is C34H51NO11. The molecule has 0 aromatic heterocycles. The molecule has 12 nitrogen and oxygen atoms in total. The Morgan fingerprint density at radius 2 is 1.76 bits per heavy atom. The highest BCUT2D eigenvalue weighted by Gasteiger charge is 2.87. The molecule has 1 N–H and O–H groups in total. The van der Waals surface area contributed by atoms with Crippen LogP contribution in [0.5, 0.6) is 0 Å². The molecule has 0 unspecified atom stereocenters. The normalized spacial score (nSPS) is 40.9. The first kappa shape index (κ1) is 34.8. The van der Waals surface area contributed by atoms with Gasteiger partial charge in [0.15, 0.2) is 5.79 Å². The van der Waals surface area contributed by atoms with Crippen LogP contribution in [-0.4, -0.2) is 92.1 Å². The van der Waals surface area contributed by atoms with Crippen LogP contribution in [0, 0.1) is 16.7 Å². The minimum atomic E-state index is -1.02. The zero-order valence-corrected chi connectivity index (χ0v) is 28.5. The van der Waals surface area contributed by atoms with E-state index in [1.807, 2.05) is 40.7 Å². The van der Waals surface area contributed by atoms with Crippen molar-refractivity contribution in [2.24, 2.45) is 16.7 Å². The van der Waals surface area contributed by atoms with Crippen LogP contribution in [0.25, 0.3) is 0 Å². The van der Waals surface area contributed by atoms with Crippen molar-refractivity contribution in [3.63, 3.8) is 0 Å². The first-order chi connectivity index (χ1) is 21.7. The molecule has 2 heterocycles. The fourth-order valence-corrected chi connectivity index (χ4v) is 8.50. The van der Waals surface area contributed by atoms with Crippen molar-refractivity contribution in [3.05, 3.63) is 11.6 Å². The number of amides is 1. The second-order valence-corrected chi connectivity index (χ2v) is 14.4. The van der Waals surface area contributed by atoms with Gasteiger partial charge in [-0.3, -0.25) is 19.2 Å². The molecule has 258 valence electrons. The van der Waals surface area contributed by atoms with Gasteiger partial charge in [-0.1, -0.05) is 33.8 Å². The minimum absolute atomic E-state index is 0.00159. The molecule has 2 bridgehead atoms. The predicted octanol–water partition coefficient (Wildman–Crippen LogP) is 3.53. The van der Waals surface area contributed by atoms with Gasteiger partial charge in [-0.05, 0) is 31.3 Å². The van der Waals surface area contributed by atoms with E-state index in [1.165, 1.54) is 13.8 Å². The molecule has 0 radical (unpaired) electrons. The van der Waals surface area contributed by atoms with E-state index >= 15 is 0 Å². The summed E-state index contributed by atoms with van der Waals surface area (Å²) in [5.41, 5.74) is -2.07. The standard InChI is InChI=1S/C34H51NO11/c1-9-26(38)35-23-10-12-33(40-8,13-11-23)46-28-29(43-22(6)37)31(7)32(17-41-21(5)36)16-24(44-27(39)14-19(2)3)20(4)15-25(32)45-30(28)34(31)18-42-34/h15,19,23-25,28-30H,9-14,16-18H2,1-8H3,(H,35,38)/t23?,24-,25+,28+,29+,30+,31+,32+,33?,34-/m0/s1. The fraction of sp³-hybridized carbons (Fsp3) is 0.824. The number of ether oxygens (including phenoxy) is 7. The third kappa shape index (κ3) is 5.88. The second-order valence-electron chi connectivity index (χ2n) is 14.4. The first-order valence-electron chi connectivity index (χ1n) is 16.7. The first-order valence-corrected chi connectivity index (χ1v) is 16.7. The van der Waals surface area contributed by atoms with Crippen molar-refractivity contribution < 1.29 is 52.3 Å². The monoisotopic (exact) mass is 649 g/mol. The summed E-state index contributed by atoms with van der Waals surface area (Å²) in [5, 5.41) is 3.07. The summed E-state index contributed by atoms with van der Waals surface area (Å²) in [7, 11) is 1.60. The van der Waals surface area contributed by atoms with E-state index in [1.54, 1.807) is 7.11 Å². The van der Waals surface area contributed by atoms with Gasteiger partial charge >= 0.3 is 17.9 Å². The van der Waals surface area contributed by atoms with Crippen molar-refractivity contribution in [3.8, 4) is 0 Å². The summed E-state index contributed by atoms with van der Waals surface area (Å²) >= 11 is 0. The van der Waals surface area contributed by atoms with Gasteiger partial charge < -0.3 is 38.5 Å². The number of fused-ring (bicyclic) bond motifs is 2. The quantitative estimate of drug-likeness (QED) is 0.115. The topological polar surface area (TPSA) is 148 Å². The fourth-order valence-electron chi connectivity index (χ4n) is 8.50. The van der Waals surface area contributed by atoms with Crippen LogP contribution in [0.15, 0.2) is 11.6 Å². The molecule has 2 saturated heterocycles. The molecule has 5 aliphatic rings. The van der Waals surface area contributed by atoms with Crippen LogP contribution in [-0.2, 0) is 52.3 Å². The summed E-state index contributed by atoms with van der Waals surface area (Å²) in [5.74, 6) is -2.18. The zero-order valence-electron chi connectivity index (χ0n) is 28.5. The second kappa shape index (κ2) is 12.8. The van der Waals surface area contributed by atoms with Crippen molar-refractivity contribution in [2.75, 3.05) is 20.3 Å². The van der Waals surface area contributed by atoms with Gasteiger partial charge in [0.2, 0.25) is 5.91 Å². The van der Waals surface area contributed by atoms with Crippen LogP contribution in [0.3, 0.4) is 0 Å². The minimum Gasteiger partial charge on any atom is -0.465 e. The number of nitrogens with one attached hydrogen (secondary N) is 1. The molecule has 0 aromatic rings. The molecule has 2 aliphatic heterocycles. The lowest BCUT2D eigenvalue weighted by atomic mass is 9.51. The lowest BCUT2D eigenvalue weighted by Crippen LogP contribution is -2.68. The maximum Gasteiger partial charge on any atom is 0.306 e. The Morgan fingerprint density at radius 3 is 2.30 bits per heavy atom. The third-order valence-electron chi connectivity index (χ3n) is 11.1. The predicted molar refractivity (Wildman–Crippen MR) is 163 cm³/mol. The van der Waals surface area contributed by atoms with E-state index in [0.29, 0.717) is 38.7 Å². The molecule has 2 saturated carbocycles. The molecule has 4 fully saturated rings. The summed E-state index contributed by atoms with van der Waals surface area (Å²) in [6.07, 6.45) is 1.73. The van der Waals surface area contributed by atoms with E-state index < -0.39 is 64.7 Å². The van der Waals surface area contributed by atoms with Crippen LogP contribution in [0.4, 0.5) is 0 Å². The Morgan fingerprint density at radius 1 is 1.09 bits per heavy atom. The van der Waals surface area contributed by atoms with Gasteiger partial charge in [0.1, 0.15) is 36.6 Å². The van der Waals surface area contributed by atoms with Crippen molar-refractivity contribution in [1.29, 1.82) is 0 Å². The summed E-state index contributed by atoms with van der Waals surface area (Å²) in [6.45, 7) is 12.6. The van der Waals surface area contributed by atoms with Gasteiger partial charge in [-0.15, -0.1) is 0 Å². The lowest BCUT2D eigenvalue weighted by molar-refractivity contribution is -0.288. The molecule has 5 rings (SSSR count). The Labute approximate surface area is 271 Å². The largest absolute Gasteiger partial charge is 0.465 e. The van der Waals surface area contributed by atoms with E-state index in [0.717, 1.165) is 5.57 Å². The number of carbonyl (C=O) groups excluding carboxylic acids is 4. The van der Waals surface area contributed by atoms with Crippen LogP contribution < -0.4 is 5.32 Å². The highest BCUT2D eigenvalue weighted by molar-refractivity contribution is 5.75. The SMILES string of the molecule is CCC(=O)NC1CCC(OC)(O[C@@H]2[C@@H](OC(C)=O)[C@]3(C)[C@@]4(COC(C)=O)C[C@H](OC(=O)CC(C)C)C(C)=C[C@H]4O[C@H]2[C@@]32CO2)CC1. The number of epoxide rings is 1. The highest BCUT2D eigenvalue weighted by atomic mass is 16.7. The Hall–Kier alpha value is -2.54. The number of hydrogen-bond acceptors (Lipinski definition) is 11. The third-order valence-corrected chi connectivity index (χ3v) is 11.1. The maximum atomic E-state index is 12.9. The Kier molecular flexibility index (Phi) is 9.69. The average molecular weight is 650 g/mol. The number of carbonyl (C=O) groups is 4. The van der Waals surface area contributed by atoms with E-state index in [4.69, 9.17) is 33.2 Å². The molecule has 1 amide bonds. The smallest absolute Gasteiger partial charge is 0.306 e. The van der Waals surface area contributed by atoms with Gasteiger partial charge in [-0.25, -0.2) is 0 Å². The summed E-state index contributed by atoms with van der Waals surface area (Å²) in [6, 6.07) is 0.0107. The molecule has 12 heteroatoms. The zero-order chi connectivity index (χ0) is 33.7. The van der Waals surface area contributed by atoms with Gasteiger partial charge in [0, 0.05) is 59.1 Å². The molecule has 0 aromatic carbocycles. The van der Waals surface area contributed by atoms with E-state index in [-0.39, 0.29) is 43.3 Å². The van der Waals surface area contributed by atoms with Crippen molar-refractivity contribution in [1.82, 2.24) is 5.32 Å². The maximum absolute atomic E-state index is 12.9. The number of esters is 3. The number of rotatable bonds is 11. The number of hydrogen-bond donors (Lipinski definition) is 1. The molecular weight excluding hydrogens is 598 g/mol. The van der Waals surface area contributed by atoms with Gasteiger partial charge in [0.05, 0.1) is 23.5 Å². The lowest BCUT2D eigenvalue weighted by Gasteiger charge is -2.58. The Balaban J connectivity index is 1.53. The van der Waals surface area contributed by atoms with Crippen LogP contribution in [0.1, 0.15) is 93.4 Å². The van der Waals surface area contributed by atoms with Gasteiger partial charge in [-0.2, -0.15) is 0 Å². The summed E-state index contributed by atoms with van der Waals surface area (Å²) in [4.78, 5) is 50.1. The van der Waals surface area contributed by atoms with Crippen LogP contribution >= 0.6 is 0 Å².